The molecule has 8 N–H and O–H groups in total. The van der Waals surface area contributed by atoms with Crippen LogP contribution in [0.1, 0.15) is 23.8 Å². The average molecular weight is 638 g/mol. The molecule has 39 heavy (non-hydrogen) atoms. The molecule has 0 fully saturated rings. The fourth-order valence-corrected chi connectivity index (χ4v) is 5.41. The van der Waals surface area contributed by atoms with E-state index in [9.17, 15) is 38.9 Å². The number of hydrogen-bond acceptors (Lipinski definition) is 9. The Balaban J connectivity index is -0.000000428. The molecule has 0 atom stereocenters. The zero-order chi connectivity index (χ0) is 26.5. The third-order valence-corrected chi connectivity index (χ3v) is 7.72. The quantitative estimate of drug-likeness (QED) is 0.102. The van der Waals surface area contributed by atoms with Crippen molar-refractivity contribution in [3.8, 4) is 0 Å². The van der Waals surface area contributed by atoms with Crippen molar-refractivity contribution in [2.24, 2.45) is 0 Å². The van der Waals surface area contributed by atoms with Crippen LogP contribution in [0.5, 0.6) is 0 Å². The standard InChI is InChI=1S/C20H19N3O9S3.4Na.4H/c1-10-6-13(9-18(20(10)23)35(30,31)32)19(11-2-4-14(21)16(7-11)33(24,25)26)12-3-5-15(22)17(8-12)34(27,28)29;;;;;;;;/h2-9,23H,21-22H2,1H3,(H,24,25,26)(H,27,28,29)(H,30,31,32);;;;;;;;/q;4*+1;4*-1. The SMILES string of the molecule is CC1=CC(=C(c2ccc(N)c(S(=O)(=O)O)c2)c2ccc(N)c(S(=O)(=O)O)c2)C=C(S(=O)(=O)O)C1=N.[H-].[H-].[H-].[H-].[Na+].[Na+].[Na+].[Na+]. The summed E-state index contributed by atoms with van der Waals surface area (Å²) in [6.07, 6.45) is 2.28. The van der Waals surface area contributed by atoms with Crippen LogP contribution in [-0.4, -0.2) is 44.6 Å². The van der Waals surface area contributed by atoms with Gasteiger partial charge in [-0.25, -0.2) is 0 Å². The normalized spacial score (nSPS) is 13.4. The molecule has 0 saturated heterocycles. The van der Waals surface area contributed by atoms with E-state index < -0.39 is 50.8 Å². The first-order valence-corrected chi connectivity index (χ1v) is 13.7. The van der Waals surface area contributed by atoms with Gasteiger partial charge in [-0.3, -0.25) is 19.1 Å². The van der Waals surface area contributed by atoms with Gasteiger partial charge < -0.3 is 17.2 Å². The van der Waals surface area contributed by atoms with Crippen molar-refractivity contribution in [1.29, 1.82) is 5.41 Å². The van der Waals surface area contributed by atoms with Gasteiger partial charge in [0.15, 0.2) is 0 Å². The van der Waals surface area contributed by atoms with Crippen molar-refractivity contribution < 1.29 is 163 Å². The largest absolute Gasteiger partial charge is 1.00 e. The first-order chi connectivity index (χ1) is 15.9. The number of nitrogen functional groups attached to an aromatic ring is 2. The van der Waals surface area contributed by atoms with Crippen molar-refractivity contribution in [2.75, 3.05) is 11.5 Å². The van der Waals surface area contributed by atoms with Gasteiger partial charge in [0.25, 0.3) is 30.4 Å². The van der Waals surface area contributed by atoms with Crippen LogP contribution in [0.15, 0.2) is 74.4 Å². The zero-order valence-corrected chi connectivity index (χ0v) is 32.2. The minimum atomic E-state index is -4.87. The van der Waals surface area contributed by atoms with E-state index in [1.54, 1.807) is 0 Å². The third kappa shape index (κ3) is 9.84. The summed E-state index contributed by atoms with van der Waals surface area (Å²) in [4.78, 5) is -2.12. The molecular formula is C20H23N3Na4O9S3. The van der Waals surface area contributed by atoms with Crippen molar-refractivity contribution in [3.05, 3.63) is 75.7 Å². The van der Waals surface area contributed by atoms with Gasteiger partial charge >= 0.3 is 118 Å². The first kappa shape index (κ1) is 41.8. The number of hydrogen-bond donors (Lipinski definition) is 6. The van der Waals surface area contributed by atoms with Gasteiger partial charge in [-0.05, 0) is 71.2 Å². The Bertz CT molecular complexity index is 1660. The summed E-state index contributed by atoms with van der Waals surface area (Å²) in [5, 5.41) is 7.98. The monoisotopic (exact) mass is 637 g/mol. The van der Waals surface area contributed by atoms with Crippen LogP contribution in [0.4, 0.5) is 11.4 Å². The number of nitrogens with one attached hydrogen (secondary N) is 1. The molecule has 2 aromatic rings. The predicted molar refractivity (Wildman–Crippen MR) is 133 cm³/mol. The molecule has 0 radical (unpaired) electrons. The van der Waals surface area contributed by atoms with Gasteiger partial charge in [0, 0.05) is 0 Å². The van der Waals surface area contributed by atoms with Gasteiger partial charge in [0.1, 0.15) is 14.7 Å². The second-order valence-corrected chi connectivity index (χ2v) is 11.6. The van der Waals surface area contributed by atoms with E-state index in [1.807, 2.05) is 0 Å². The van der Waals surface area contributed by atoms with Gasteiger partial charge in [-0.15, -0.1) is 0 Å². The van der Waals surface area contributed by atoms with Crippen molar-refractivity contribution in [2.45, 2.75) is 16.7 Å². The second kappa shape index (κ2) is 15.4. The Kier molecular flexibility index (Phi) is 16.5. The maximum absolute atomic E-state index is 11.9. The minimum absolute atomic E-state index is 0. The van der Waals surface area contributed by atoms with Gasteiger partial charge in [-0.1, -0.05) is 12.1 Å². The number of benzene rings is 2. The molecule has 3 rings (SSSR count). The predicted octanol–water partition coefficient (Wildman–Crippen LogP) is -9.64. The molecule has 0 heterocycles. The van der Waals surface area contributed by atoms with Crippen LogP contribution < -0.4 is 130 Å². The molecule has 194 valence electrons. The fraction of sp³-hybridized carbons (Fsp3) is 0.0500. The molecule has 1 aliphatic rings. The number of nitrogens with two attached hydrogens (primary N) is 2. The summed E-state index contributed by atoms with van der Waals surface area (Å²) in [6, 6.07) is 6.88. The van der Waals surface area contributed by atoms with Crippen LogP contribution in [0.25, 0.3) is 5.57 Å². The van der Waals surface area contributed by atoms with E-state index >= 15 is 0 Å². The summed E-state index contributed by atoms with van der Waals surface area (Å²) < 4.78 is 99.7. The summed E-state index contributed by atoms with van der Waals surface area (Å²) in [5.74, 6) is 0. The molecule has 2 aromatic carbocycles. The molecule has 0 bridgehead atoms. The van der Waals surface area contributed by atoms with Gasteiger partial charge in [0.05, 0.1) is 17.1 Å². The smallest absolute Gasteiger partial charge is 1.00 e. The van der Waals surface area contributed by atoms with E-state index in [-0.39, 0.29) is 163 Å². The summed E-state index contributed by atoms with van der Waals surface area (Å²) >= 11 is 0. The summed E-state index contributed by atoms with van der Waals surface area (Å²) in [7, 11) is -14.5. The summed E-state index contributed by atoms with van der Waals surface area (Å²) in [6.45, 7) is 1.39. The Morgan fingerprint density at radius 1 is 0.718 bits per heavy atom. The molecule has 0 saturated carbocycles. The first-order valence-electron chi connectivity index (χ1n) is 9.37. The molecule has 12 nitrogen and oxygen atoms in total. The Morgan fingerprint density at radius 3 is 1.44 bits per heavy atom. The van der Waals surface area contributed by atoms with Crippen molar-refractivity contribution in [1.82, 2.24) is 0 Å². The van der Waals surface area contributed by atoms with Crippen LogP contribution in [0.3, 0.4) is 0 Å². The summed E-state index contributed by atoms with van der Waals surface area (Å²) in [5.41, 5.74) is 10.4. The average Bonchev–Trinajstić information content (AvgIpc) is 2.70. The maximum atomic E-state index is 11.9. The topological polar surface area (TPSA) is 239 Å². The van der Waals surface area contributed by atoms with Gasteiger partial charge in [-0.2, -0.15) is 25.3 Å². The molecule has 0 aliphatic heterocycles. The van der Waals surface area contributed by atoms with Gasteiger partial charge in [0.2, 0.25) is 0 Å². The fourth-order valence-electron chi connectivity index (χ4n) is 3.43. The Labute approximate surface area is 320 Å². The number of allylic oxidation sites excluding steroid dienone is 5. The van der Waals surface area contributed by atoms with E-state index in [4.69, 9.17) is 16.9 Å². The number of rotatable bonds is 5. The Hall–Kier alpha value is 0.660. The van der Waals surface area contributed by atoms with Crippen LogP contribution in [0.2, 0.25) is 0 Å². The molecule has 1 aliphatic carbocycles. The molecular weight excluding hydrogens is 614 g/mol. The molecule has 0 unspecified atom stereocenters. The zero-order valence-electron chi connectivity index (χ0n) is 25.8. The van der Waals surface area contributed by atoms with Crippen molar-refractivity contribution in [3.63, 3.8) is 0 Å². The molecule has 0 spiro atoms. The number of anilines is 2. The maximum Gasteiger partial charge on any atom is 1.00 e. The second-order valence-electron chi connectivity index (χ2n) is 7.47. The van der Waals surface area contributed by atoms with E-state index in [2.05, 4.69) is 0 Å². The van der Waals surface area contributed by atoms with Crippen LogP contribution in [-0.2, 0) is 30.4 Å². The van der Waals surface area contributed by atoms with Crippen LogP contribution in [0, 0.1) is 5.41 Å². The van der Waals surface area contributed by atoms with Crippen LogP contribution >= 0.6 is 0 Å². The van der Waals surface area contributed by atoms with E-state index in [0.29, 0.717) is 0 Å². The van der Waals surface area contributed by atoms with E-state index in [1.165, 1.54) is 25.1 Å². The Morgan fingerprint density at radius 2 is 1.10 bits per heavy atom. The molecule has 0 aromatic heterocycles. The molecule has 0 amide bonds. The minimum Gasteiger partial charge on any atom is -1.00 e. The third-order valence-electron chi connectivity index (χ3n) is 5.03. The van der Waals surface area contributed by atoms with E-state index in [0.717, 1.165) is 30.3 Å². The van der Waals surface area contributed by atoms with Crippen molar-refractivity contribution >= 4 is 53.0 Å². The molecule has 19 heteroatoms.